The van der Waals surface area contributed by atoms with Crippen LogP contribution in [0.2, 0.25) is 0 Å². The number of phenols is 1. The summed E-state index contributed by atoms with van der Waals surface area (Å²) in [6.07, 6.45) is 0. The monoisotopic (exact) mass is 397 g/mol. The number of hydrogen-bond donors (Lipinski definition) is 1. The molecule has 2 aromatic carbocycles. The number of rotatable bonds is 2. The van der Waals surface area contributed by atoms with E-state index in [4.69, 9.17) is 6.11 Å². The van der Waals surface area contributed by atoms with Crippen molar-refractivity contribution in [2.24, 2.45) is 0 Å². The first kappa shape index (κ1) is 21.4. The number of phenolic OH excluding ortho intramolecular Hbond substituents is 1. The number of ether oxygens (including phenoxy) is 1. The van der Waals surface area contributed by atoms with E-state index in [1.165, 1.54) is 6.07 Å². The van der Waals surface area contributed by atoms with E-state index in [1.54, 1.807) is 12.1 Å². The van der Waals surface area contributed by atoms with Crippen molar-refractivity contribution in [2.75, 3.05) is 0 Å². The Kier molecular flexibility index (Phi) is 5.55. The van der Waals surface area contributed by atoms with Crippen molar-refractivity contribution in [1.82, 2.24) is 0 Å². The van der Waals surface area contributed by atoms with E-state index in [-0.39, 0.29) is 22.0 Å². The van der Waals surface area contributed by atoms with Gasteiger partial charge in [-0.3, -0.25) is 0 Å². The fraction of sp³-hybridized carbons (Fsp3) is 0.500. The van der Waals surface area contributed by atoms with Crippen LogP contribution in [0.1, 0.15) is 96.3 Å². The van der Waals surface area contributed by atoms with Crippen molar-refractivity contribution in [3.8, 4) is 11.5 Å². The van der Waals surface area contributed by atoms with Gasteiger partial charge in [0.2, 0.25) is 0 Å². The summed E-state index contributed by atoms with van der Waals surface area (Å²) in [5.41, 5.74) is 2.70. The summed E-state index contributed by atoms with van der Waals surface area (Å²) in [6.45, 7) is 20.2. The Morgan fingerprint density at radius 3 is 1.93 bits per heavy atom. The molecule has 0 aliphatic carbocycles. The van der Waals surface area contributed by atoms with Gasteiger partial charge in [0, 0.05) is 11.1 Å². The van der Waals surface area contributed by atoms with E-state index in [0.717, 1.165) is 16.7 Å². The minimum Gasteiger partial charge on any atom is -0.508 e. The lowest BCUT2D eigenvalue weighted by molar-refractivity contribution is 0.0730. The average molecular weight is 398 g/mol. The fourth-order valence-electron chi connectivity index (χ4n) is 3.19. The normalized spacial score (nSPS) is 13.2. The zero-order valence-corrected chi connectivity index (χ0v) is 19.6. The zero-order chi connectivity index (χ0) is 23.2. The molecule has 3 nitrogen and oxygen atoms in total. The molecule has 2 aromatic rings. The van der Waals surface area contributed by atoms with Gasteiger partial charge in [0.1, 0.15) is 11.5 Å². The highest BCUT2D eigenvalue weighted by Gasteiger charge is 2.27. The van der Waals surface area contributed by atoms with Gasteiger partial charge < -0.3 is 9.84 Å². The number of benzene rings is 2. The van der Waals surface area contributed by atoms with E-state index < -0.39 is 5.97 Å². The molecule has 29 heavy (non-hydrogen) atoms. The molecule has 0 amide bonds. The van der Waals surface area contributed by atoms with E-state index in [1.807, 2.05) is 54.5 Å². The van der Waals surface area contributed by atoms with Crippen molar-refractivity contribution in [2.45, 2.75) is 85.5 Å². The van der Waals surface area contributed by atoms with Crippen LogP contribution < -0.4 is 4.74 Å². The van der Waals surface area contributed by atoms with Gasteiger partial charge in [-0.1, -0.05) is 74.4 Å². The highest BCUT2D eigenvalue weighted by molar-refractivity contribution is 5.92. The second-order valence-electron chi connectivity index (χ2n) is 10.9. The number of aromatic hydroxyl groups is 1. The van der Waals surface area contributed by atoms with Gasteiger partial charge in [0.25, 0.3) is 0 Å². The van der Waals surface area contributed by atoms with Crippen LogP contribution in [0, 0.1) is 6.92 Å². The van der Waals surface area contributed by atoms with Gasteiger partial charge in [-0.15, -0.1) is 0 Å². The second-order valence-corrected chi connectivity index (χ2v) is 10.9. The molecule has 0 radical (unpaired) electrons. The molecular formula is C26H36O3. The second kappa shape index (κ2) is 7.51. The van der Waals surface area contributed by atoms with Crippen LogP contribution in [0.3, 0.4) is 0 Å². The Hall–Kier alpha value is -2.29. The van der Waals surface area contributed by atoms with Crippen molar-refractivity contribution in [3.05, 3.63) is 58.1 Å². The predicted octanol–water partition coefficient (Wildman–Crippen LogP) is 6.81. The molecule has 0 fully saturated rings. The molecule has 0 aromatic heterocycles. The van der Waals surface area contributed by atoms with Gasteiger partial charge in [-0.05, 0) is 52.5 Å². The largest absolute Gasteiger partial charge is 0.508 e. The summed E-state index contributed by atoms with van der Waals surface area (Å²) in [6, 6.07) is 7.17. The molecule has 0 heterocycles. The number of carbonyl (C=O) groups is 1. The summed E-state index contributed by atoms with van der Waals surface area (Å²) in [5.74, 6) is 0.126. The molecule has 1 N–H and O–H groups in total. The fourth-order valence-corrected chi connectivity index (χ4v) is 3.19. The summed E-state index contributed by atoms with van der Waals surface area (Å²) in [5, 5.41) is 10.2. The van der Waals surface area contributed by atoms with Gasteiger partial charge >= 0.3 is 5.97 Å². The van der Waals surface area contributed by atoms with E-state index in [0.29, 0.717) is 22.9 Å². The molecule has 0 saturated carbocycles. The maximum Gasteiger partial charge on any atom is 0.343 e. The van der Waals surface area contributed by atoms with Gasteiger partial charge in [-0.25, -0.2) is 4.79 Å². The van der Waals surface area contributed by atoms with Crippen LogP contribution >= 0.6 is 0 Å². The summed E-state index contributed by atoms with van der Waals surface area (Å²) < 4.78 is 14.8. The van der Waals surface area contributed by atoms with Crippen LogP contribution in [0.5, 0.6) is 11.5 Å². The highest BCUT2D eigenvalue weighted by Crippen LogP contribution is 2.39. The maximum atomic E-state index is 13.1. The quantitative estimate of drug-likeness (QED) is 0.447. The van der Waals surface area contributed by atoms with E-state index in [9.17, 15) is 9.90 Å². The van der Waals surface area contributed by atoms with E-state index >= 15 is 0 Å². The van der Waals surface area contributed by atoms with Crippen LogP contribution in [-0.2, 0) is 16.2 Å². The van der Waals surface area contributed by atoms with Crippen LogP contribution in [0.15, 0.2) is 30.3 Å². The maximum absolute atomic E-state index is 13.1. The summed E-state index contributed by atoms with van der Waals surface area (Å²) in [7, 11) is 0. The lowest BCUT2D eigenvalue weighted by atomic mass is 9.79. The third-order valence-electron chi connectivity index (χ3n) is 5.00. The summed E-state index contributed by atoms with van der Waals surface area (Å²) >= 11 is 0. The molecule has 2 rings (SSSR count). The smallest absolute Gasteiger partial charge is 0.343 e. The first-order valence-corrected chi connectivity index (χ1v) is 10.2. The molecule has 0 atom stereocenters. The predicted molar refractivity (Wildman–Crippen MR) is 120 cm³/mol. The Morgan fingerprint density at radius 1 is 0.897 bits per heavy atom. The first-order chi connectivity index (χ1) is 13.4. The van der Waals surface area contributed by atoms with Gasteiger partial charge in [0.05, 0.1) is 6.93 Å². The highest BCUT2D eigenvalue weighted by atomic mass is 16.5. The third kappa shape index (κ3) is 5.20. The third-order valence-corrected chi connectivity index (χ3v) is 5.00. The molecule has 0 aliphatic heterocycles. The van der Waals surface area contributed by atoms with Gasteiger partial charge in [0.15, 0.2) is 0 Å². The van der Waals surface area contributed by atoms with E-state index in [2.05, 4.69) is 20.8 Å². The Bertz CT molecular complexity index is 968. The Labute approximate surface area is 177 Å². The molecule has 0 saturated heterocycles. The summed E-state index contributed by atoms with van der Waals surface area (Å²) in [4.78, 5) is 13.1. The zero-order valence-electron chi connectivity index (χ0n) is 20.6. The van der Waals surface area contributed by atoms with Crippen molar-refractivity contribution in [3.63, 3.8) is 0 Å². The molecule has 0 spiro atoms. The SMILES string of the molecule is [2H]c1c(C(C)(C)C)cc(C)c(OC(=O)c2ccc(O)c(C(C)(C)C)c2)c1C(C)(C)C. The van der Waals surface area contributed by atoms with Crippen LogP contribution in [0.4, 0.5) is 0 Å². The number of esters is 1. The average Bonchev–Trinajstić information content (AvgIpc) is 2.54. The number of aryl methyl sites for hydroxylation is 1. The minimum absolute atomic E-state index is 0.161. The van der Waals surface area contributed by atoms with Crippen LogP contribution in [0.25, 0.3) is 0 Å². The minimum atomic E-state index is -0.489. The molecular weight excluding hydrogens is 360 g/mol. The lowest BCUT2D eigenvalue weighted by Crippen LogP contribution is -2.21. The first-order valence-electron chi connectivity index (χ1n) is 10.7. The Morgan fingerprint density at radius 2 is 1.45 bits per heavy atom. The molecule has 0 aliphatic rings. The topological polar surface area (TPSA) is 46.5 Å². The number of carbonyl (C=O) groups excluding carboxylic acids is 1. The molecule has 0 unspecified atom stereocenters. The molecule has 158 valence electrons. The van der Waals surface area contributed by atoms with Crippen molar-refractivity contribution < 1.29 is 16.0 Å². The van der Waals surface area contributed by atoms with Crippen LogP contribution in [-0.4, -0.2) is 11.1 Å². The number of hydrogen-bond acceptors (Lipinski definition) is 3. The molecule has 3 heteroatoms. The Balaban J connectivity index is 2.61. The van der Waals surface area contributed by atoms with Crippen molar-refractivity contribution in [1.29, 1.82) is 0 Å². The standard InChI is InChI=1S/C26H36O3/c1-16-13-18(24(2,3)4)15-20(26(8,9)10)22(16)29-23(28)17-11-12-21(27)19(14-17)25(5,6)7/h11-15,27H,1-10H3/i15D. The van der Waals surface area contributed by atoms with Gasteiger partial charge in [-0.2, -0.15) is 0 Å². The van der Waals surface area contributed by atoms with Crippen molar-refractivity contribution >= 4 is 5.97 Å². The lowest BCUT2D eigenvalue weighted by Gasteiger charge is -2.28. The molecule has 0 bridgehead atoms.